The van der Waals surface area contributed by atoms with E-state index in [1.165, 1.54) is 0 Å². The highest BCUT2D eigenvalue weighted by Crippen LogP contribution is 2.60. The Balaban J connectivity index is 1.43. The third kappa shape index (κ3) is 2.31. The zero-order valence-electron chi connectivity index (χ0n) is 13.1. The fourth-order valence-electron chi connectivity index (χ4n) is 4.35. The van der Waals surface area contributed by atoms with E-state index in [-0.39, 0.29) is 41.1 Å². The third-order valence-corrected chi connectivity index (χ3v) is 6.71. The average molecular weight is 393 g/mol. The minimum atomic E-state index is -0.503. The van der Waals surface area contributed by atoms with Crippen LogP contribution < -0.4 is 0 Å². The van der Waals surface area contributed by atoms with Gasteiger partial charge in [0, 0.05) is 11.5 Å². The number of Topliss-reactive ketones (excluding diaryl/α,β-unsaturated/α-hetero) is 1. The predicted octanol–water partition coefficient (Wildman–Crippen LogP) is 2.29. The molecular weight excluding hydrogens is 376 g/mol. The minimum Gasteiger partial charge on any atom is -0.461 e. The van der Waals surface area contributed by atoms with Crippen molar-refractivity contribution in [3.63, 3.8) is 0 Å². The Morgan fingerprint density at radius 3 is 2.67 bits per heavy atom. The van der Waals surface area contributed by atoms with Crippen LogP contribution in [0.3, 0.4) is 0 Å². The Morgan fingerprint density at radius 2 is 1.96 bits per heavy atom. The summed E-state index contributed by atoms with van der Waals surface area (Å²) in [7, 11) is 0. The van der Waals surface area contributed by atoms with Gasteiger partial charge in [-0.25, -0.2) is 0 Å². The van der Waals surface area contributed by atoms with Gasteiger partial charge in [-0.2, -0.15) is 0 Å². The number of hydrogen-bond acceptors (Lipinski definition) is 5. The van der Waals surface area contributed by atoms with Gasteiger partial charge in [-0.1, -0.05) is 45.8 Å². The van der Waals surface area contributed by atoms with Crippen LogP contribution in [-0.4, -0.2) is 35.3 Å². The minimum absolute atomic E-state index is 0.00412. The monoisotopic (exact) mass is 392 g/mol. The van der Waals surface area contributed by atoms with E-state index in [1.54, 1.807) is 12.1 Å². The van der Waals surface area contributed by atoms with Gasteiger partial charge >= 0.3 is 11.9 Å². The highest BCUT2D eigenvalue weighted by Gasteiger charge is 2.68. The van der Waals surface area contributed by atoms with Crippen molar-refractivity contribution in [2.24, 2.45) is 23.7 Å². The topological polar surface area (TPSA) is 69.7 Å². The van der Waals surface area contributed by atoms with Crippen molar-refractivity contribution in [1.82, 2.24) is 0 Å². The summed E-state index contributed by atoms with van der Waals surface area (Å²) in [5.74, 6) is -1.78. The van der Waals surface area contributed by atoms with Crippen molar-refractivity contribution < 1.29 is 23.9 Å². The standard InChI is InChI=1S/C18H17BrO5/c1-8-2-4-9(5-3-8)12(20)7-23-17(21)13-10-6-11-14(13)18(22)24-16(11)15(10)19/h2-5,10-11,13-16H,6-7H2,1H3/t10-,11-,13-,14-,15+,16+/m1/s1. The van der Waals surface area contributed by atoms with Gasteiger partial charge in [0.1, 0.15) is 6.10 Å². The van der Waals surface area contributed by atoms with Gasteiger partial charge in [0.2, 0.25) is 0 Å². The summed E-state index contributed by atoms with van der Waals surface area (Å²) in [6.45, 7) is 1.64. The Bertz CT molecular complexity index is 713. The van der Waals surface area contributed by atoms with E-state index in [0.29, 0.717) is 5.56 Å². The molecule has 0 radical (unpaired) electrons. The summed E-state index contributed by atoms with van der Waals surface area (Å²) < 4.78 is 10.6. The molecule has 0 amide bonds. The van der Waals surface area contributed by atoms with Crippen molar-refractivity contribution >= 4 is 33.7 Å². The molecule has 1 aliphatic heterocycles. The van der Waals surface area contributed by atoms with Crippen LogP contribution in [0.2, 0.25) is 0 Å². The lowest BCUT2D eigenvalue weighted by molar-refractivity contribution is -0.154. The molecule has 3 fully saturated rings. The van der Waals surface area contributed by atoms with E-state index in [4.69, 9.17) is 9.47 Å². The third-order valence-electron chi connectivity index (χ3n) is 5.51. The number of esters is 2. The molecule has 1 aromatic carbocycles. The quantitative estimate of drug-likeness (QED) is 0.446. The number of hydrogen-bond donors (Lipinski definition) is 0. The van der Waals surface area contributed by atoms with E-state index < -0.39 is 17.8 Å². The van der Waals surface area contributed by atoms with Crippen LogP contribution in [-0.2, 0) is 19.1 Å². The summed E-state index contributed by atoms with van der Waals surface area (Å²) in [6, 6.07) is 7.12. The maximum absolute atomic E-state index is 12.5. The van der Waals surface area contributed by atoms with Gasteiger partial charge in [0.15, 0.2) is 12.4 Å². The first kappa shape index (κ1) is 15.8. The average Bonchev–Trinajstić information content (AvgIpc) is 3.17. The zero-order valence-corrected chi connectivity index (χ0v) is 14.7. The fraction of sp³-hybridized carbons (Fsp3) is 0.500. The maximum atomic E-state index is 12.5. The Hall–Kier alpha value is -1.69. The number of halogens is 1. The molecule has 1 heterocycles. The Kier molecular flexibility index (Phi) is 3.75. The van der Waals surface area contributed by atoms with Gasteiger partial charge in [0.25, 0.3) is 0 Å². The summed E-state index contributed by atoms with van der Waals surface area (Å²) >= 11 is 3.56. The molecule has 5 nitrogen and oxygen atoms in total. The summed E-state index contributed by atoms with van der Waals surface area (Å²) in [4.78, 5) is 36.7. The molecule has 6 atom stereocenters. The van der Waals surface area contributed by atoms with Crippen LogP contribution in [0.4, 0.5) is 0 Å². The molecule has 2 saturated carbocycles. The van der Waals surface area contributed by atoms with Crippen LogP contribution >= 0.6 is 15.9 Å². The number of ether oxygens (including phenoxy) is 2. The van der Waals surface area contributed by atoms with Crippen molar-refractivity contribution in [3.05, 3.63) is 35.4 Å². The molecule has 3 aliphatic rings. The first-order valence-electron chi connectivity index (χ1n) is 8.08. The summed E-state index contributed by atoms with van der Waals surface area (Å²) in [5, 5.41) is 0. The number of rotatable bonds is 4. The lowest BCUT2D eigenvalue weighted by Gasteiger charge is -2.26. The number of fused-ring (bicyclic) bond motifs is 1. The highest BCUT2D eigenvalue weighted by molar-refractivity contribution is 9.09. The number of ketones is 1. The Labute approximate surface area is 147 Å². The highest BCUT2D eigenvalue weighted by atomic mass is 79.9. The molecule has 6 heteroatoms. The second kappa shape index (κ2) is 5.69. The van der Waals surface area contributed by atoms with E-state index in [9.17, 15) is 14.4 Å². The Morgan fingerprint density at radius 1 is 1.25 bits per heavy atom. The van der Waals surface area contributed by atoms with Crippen LogP contribution in [0.25, 0.3) is 0 Å². The maximum Gasteiger partial charge on any atom is 0.310 e. The first-order valence-corrected chi connectivity index (χ1v) is 9.00. The molecule has 2 bridgehead atoms. The molecule has 0 N–H and O–H groups in total. The van der Waals surface area contributed by atoms with Crippen molar-refractivity contribution in [1.29, 1.82) is 0 Å². The lowest BCUT2D eigenvalue weighted by Crippen LogP contribution is -2.39. The summed E-state index contributed by atoms with van der Waals surface area (Å²) in [5.41, 5.74) is 1.57. The molecule has 0 spiro atoms. The molecule has 24 heavy (non-hydrogen) atoms. The zero-order chi connectivity index (χ0) is 17.0. The van der Waals surface area contributed by atoms with Crippen LogP contribution in [0.5, 0.6) is 0 Å². The number of aryl methyl sites for hydroxylation is 1. The van der Waals surface area contributed by atoms with E-state index in [0.717, 1.165) is 12.0 Å². The molecule has 0 unspecified atom stereocenters. The SMILES string of the molecule is Cc1ccc(C(=O)COC(=O)[C@@H]2[C@H]3C[C@H]4[C@H](OC(=O)[C@H]42)[C@H]3Br)cc1. The van der Waals surface area contributed by atoms with Crippen LogP contribution in [0.1, 0.15) is 22.3 Å². The van der Waals surface area contributed by atoms with Gasteiger partial charge < -0.3 is 9.47 Å². The largest absolute Gasteiger partial charge is 0.461 e. The molecule has 4 rings (SSSR count). The van der Waals surface area contributed by atoms with Gasteiger partial charge in [-0.15, -0.1) is 0 Å². The molecular formula is C18H17BrO5. The number of carbonyl (C=O) groups excluding carboxylic acids is 3. The van der Waals surface area contributed by atoms with E-state index >= 15 is 0 Å². The number of alkyl halides is 1. The number of benzene rings is 1. The second-order valence-electron chi connectivity index (χ2n) is 6.86. The van der Waals surface area contributed by atoms with Crippen molar-refractivity contribution in [2.45, 2.75) is 24.3 Å². The van der Waals surface area contributed by atoms with E-state index in [2.05, 4.69) is 15.9 Å². The molecule has 0 aromatic heterocycles. The second-order valence-corrected chi connectivity index (χ2v) is 7.92. The molecule has 2 aliphatic carbocycles. The predicted molar refractivity (Wildman–Crippen MR) is 87.6 cm³/mol. The molecule has 1 aromatic rings. The smallest absolute Gasteiger partial charge is 0.310 e. The van der Waals surface area contributed by atoms with Gasteiger partial charge in [-0.05, 0) is 19.3 Å². The van der Waals surface area contributed by atoms with E-state index in [1.807, 2.05) is 19.1 Å². The van der Waals surface area contributed by atoms with Crippen molar-refractivity contribution in [3.8, 4) is 0 Å². The van der Waals surface area contributed by atoms with Gasteiger partial charge in [-0.3, -0.25) is 14.4 Å². The van der Waals surface area contributed by atoms with Gasteiger partial charge in [0.05, 0.1) is 16.7 Å². The fourth-order valence-corrected chi connectivity index (χ4v) is 5.39. The first-order chi connectivity index (χ1) is 11.5. The number of carbonyl (C=O) groups is 3. The lowest BCUT2D eigenvalue weighted by atomic mass is 9.80. The van der Waals surface area contributed by atoms with Crippen LogP contribution in [0, 0.1) is 30.6 Å². The summed E-state index contributed by atoms with van der Waals surface area (Å²) in [6.07, 6.45) is 0.675. The molecule has 1 saturated heterocycles. The van der Waals surface area contributed by atoms with Crippen LogP contribution in [0.15, 0.2) is 24.3 Å². The molecule has 126 valence electrons. The normalized spacial score (nSPS) is 35.8. The van der Waals surface area contributed by atoms with Crippen molar-refractivity contribution in [2.75, 3.05) is 6.61 Å².